The first-order valence-electron chi connectivity index (χ1n) is 5.00. The summed E-state index contributed by atoms with van der Waals surface area (Å²) in [5.74, 6) is 2.23. The molecule has 0 aromatic carbocycles. The monoisotopic (exact) mass is 221 g/mol. The first-order valence-corrected chi connectivity index (χ1v) is 6.05. The predicted octanol–water partition coefficient (Wildman–Crippen LogP) is 2.00. The van der Waals surface area contributed by atoms with Gasteiger partial charge in [-0.2, -0.15) is 11.8 Å². The predicted molar refractivity (Wildman–Crippen MR) is 59.1 cm³/mol. The molecule has 0 aliphatic carbocycles. The third-order valence-electron chi connectivity index (χ3n) is 2.58. The van der Waals surface area contributed by atoms with E-state index in [-0.39, 0.29) is 5.75 Å². The third-order valence-corrected chi connectivity index (χ3v) is 3.95. The Balaban J connectivity index is 2.09. The zero-order valence-corrected chi connectivity index (χ0v) is 8.94. The lowest BCUT2D eigenvalue weighted by Crippen LogP contribution is -1.92. The first kappa shape index (κ1) is 9.03. The summed E-state index contributed by atoms with van der Waals surface area (Å²) >= 11 is 1.90. The first-order chi connectivity index (χ1) is 7.34. The van der Waals surface area contributed by atoms with E-state index >= 15 is 0 Å². The largest absolute Gasteiger partial charge is 0.504 e. The van der Waals surface area contributed by atoms with Crippen LogP contribution in [0.25, 0.3) is 5.65 Å². The van der Waals surface area contributed by atoms with Crippen molar-refractivity contribution in [3.63, 3.8) is 0 Å². The maximum Gasteiger partial charge on any atom is 0.197 e. The van der Waals surface area contributed by atoms with E-state index in [2.05, 4.69) is 10.1 Å². The summed E-state index contributed by atoms with van der Waals surface area (Å²) in [6.07, 6.45) is 4.18. The van der Waals surface area contributed by atoms with Gasteiger partial charge in [-0.15, -0.1) is 5.10 Å². The van der Waals surface area contributed by atoms with Crippen molar-refractivity contribution in [2.75, 3.05) is 5.75 Å². The Morgan fingerprint density at radius 3 is 3.20 bits per heavy atom. The molecule has 0 amide bonds. The molecule has 0 radical (unpaired) electrons. The maximum atomic E-state index is 9.60. The molecule has 0 saturated carbocycles. The average molecular weight is 221 g/mol. The van der Waals surface area contributed by atoms with Gasteiger partial charge in [0.15, 0.2) is 17.2 Å². The van der Waals surface area contributed by atoms with Crippen molar-refractivity contribution in [3.05, 3.63) is 24.2 Å². The number of hydrogen-bond donors (Lipinski definition) is 1. The van der Waals surface area contributed by atoms with Crippen molar-refractivity contribution in [3.8, 4) is 5.75 Å². The quantitative estimate of drug-likeness (QED) is 0.800. The highest BCUT2D eigenvalue weighted by atomic mass is 32.2. The van der Waals surface area contributed by atoms with Gasteiger partial charge in [-0.05, 0) is 30.7 Å². The van der Waals surface area contributed by atoms with Crippen LogP contribution < -0.4 is 0 Å². The molecule has 1 aliphatic rings. The van der Waals surface area contributed by atoms with Gasteiger partial charge in [0.2, 0.25) is 0 Å². The summed E-state index contributed by atoms with van der Waals surface area (Å²) in [7, 11) is 0. The van der Waals surface area contributed by atoms with Crippen molar-refractivity contribution in [2.45, 2.75) is 18.1 Å². The molecule has 1 saturated heterocycles. The van der Waals surface area contributed by atoms with Crippen LogP contribution in [-0.4, -0.2) is 25.5 Å². The molecule has 1 aliphatic heterocycles. The second-order valence-electron chi connectivity index (χ2n) is 3.63. The fourth-order valence-electron chi connectivity index (χ4n) is 1.83. The lowest BCUT2D eigenvalue weighted by atomic mass is 10.2. The summed E-state index contributed by atoms with van der Waals surface area (Å²) in [5.41, 5.74) is 0.556. The molecule has 3 heterocycles. The van der Waals surface area contributed by atoms with Gasteiger partial charge >= 0.3 is 0 Å². The molecule has 0 spiro atoms. The van der Waals surface area contributed by atoms with Crippen LogP contribution in [0, 0.1) is 0 Å². The number of aromatic hydroxyl groups is 1. The topological polar surface area (TPSA) is 50.4 Å². The molecule has 5 heteroatoms. The number of thioether (sulfide) groups is 1. The summed E-state index contributed by atoms with van der Waals surface area (Å²) in [6.45, 7) is 0. The minimum atomic E-state index is 0.194. The molecule has 1 atom stereocenters. The minimum absolute atomic E-state index is 0.194. The van der Waals surface area contributed by atoms with E-state index in [1.165, 1.54) is 12.2 Å². The van der Waals surface area contributed by atoms with Crippen LogP contribution in [0.1, 0.15) is 23.9 Å². The highest BCUT2D eigenvalue weighted by molar-refractivity contribution is 7.99. The molecule has 78 valence electrons. The number of nitrogens with zero attached hydrogens (tertiary/aromatic N) is 3. The van der Waals surface area contributed by atoms with Gasteiger partial charge in [0.05, 0.1) is 5.25 Å². The molecular weight excluding hydrogens is 210 g/mol. The molecule has 2 aromatic rings. The van der Waals surface area contributed by atoms with Gasteiger partial charge in [-0.3, -0.25) is 0 Å². The van der Waals surface area contributed by atoms with Crippen molar-refractivity contribution in [1.82, 2.24) is 14.6 Å². The Kier molecular flexibility index (Phi) is 2.05. The summed E-state index contributed by atoms with van der Waals surface area (Å²) in [4.78, 5) is 4.38. The van der Waals surface area contributed by atoms with E-state index in [1.807, 2.05) is 18.0 Å². The van der Waals surface area contributed by atoms with Gasteiger partial charge in [-0.25, -0.2) is 9.50 Å². The number of aromatic nitrogens is 3. The molecule has 3 rings (SSSR count). The Hall–Kier alpha value is -1.23. The van der Waals surface area contributed by atoms with E-state index in [9.17, 15) is 5.11 Å². The van der Waals surface area contributed by atoms with E-state index in [0.717, 1.165) is 12.2 Å². The highest BCUT2D eigenvalue weighted by Gasteiger charge is 2.22. The van der Waals surface area contributed by atoms with Gasteiger partial charge < -0.3 is 5.11 Å². The van der Waals surface area contributed by atoms with Crippen LogP contribution in [0.15, 0.2) is 18.3 Å². The Labute approximate surface area is 91.3 Å². The Morgan fingerprint density at radius 2 is 2.47 bits per heavy atom. The molecule has 4 nitrogen and oxygen atoms in total. The van der Waals surface area contributed by atoms with Crippen molar-refractivity contribution >= 4 is 17.4 Å². The SMILES string of the molecule is Oc1cccn2nc(C3CCCS3)nc12. The zero-order chi connectivity index (χ0) is 10.3. The molecule has 2 aromatic heterocycles. The van der Waals surface area contributed by atoms with Gasteiger partial charge in [0.25, 0.3) is 0 Å². The smallest absolute Gasteiger partial charge is 0.197 e. The maximum absolute atomic E-state index is 9.60. The standard InChI is InChI=1S/C10H11N3OS/c14-7-3-1-5-13-10(7)11-9(12-13)8-4-2-6-15-8/h1,3,5,8,14H,2,4,6H2. The fourth-order valence-corrected chi connectivity index (χ4v) is 3.03. The summed E-state index contributed by atoms with van der Waals surface area (Å²) in [6, 6.07) is 3.40. The van der Waals surface area contributed by atoms with E-state index < -0.39 is 0 Å². The van der Waals surface area contributed by atoms with Crippen molar-refractivity contribution in [1.29, 1.82) is 0 Å². The summed E-state index contributed by atoms with van der Waals surface area (Å²) < 4.78 is 1.64. The van der Waals surface area contributed by atoms with E-state index in [0.29, 0.717) is 10.9 Å². The second kappa shape index (κ2) is 3.41. The van der Waals surface area contributed by atoms with Crippen LogP contribution in [0.5, 0.6) is 5.75 Å². The zero-order valence-electron chi connectivity index (χ0n) is 8.13. The molecule has 15 heavy (non-hydrogen) atoms. The van der Waals surface area contributed by atoms with E-state index in [4.69, 9.17) is 0 Å². The Bertz CT molecular complexity index is 490. The van der Waals surface area contributed by atoms with E-state index in [1.54, 1.807) is 16.6 Å². The fraction of sp³-hybridized carbons (Fsp3) is 0.400. The molecular formula is C10H11N3OS. The lowest BCUT2D eigenvalue weighted by Gasteiger charge is -1.99. The second-order valence-corrected chi connectivity index (χ2v) is 4.94. The van der Waals surface area contributed by atoms with Gasteiger partial charge in [0.1, 0.15) is 0 Å². The van der Waals surface area contributed by atoms with Gasteiger partial charge in [-0.1, -0.05) is 0 Å². The number of rotatable bonds is 1. The van der Waals surface area contributed by atoms with Crippen LogP contribution in [0.3, 0.4) is 0 Å². The number of pyridine rings is 1. The van der Waals surface area contributed by atoms with Crippen molar-refractivity contribution < 1.29 is 5.11 Å². The number of hydrogen-bond acceptors (Lipinski definition) is 4. The minimum Gasteiger partial charge on any atom is -0.504 e. The number of fused-ring (bicyclic) bond motifs is 1. The molecule has 1 unspecified atom stereocenters. The van der Waals surface area contributed by atoms with Gasteiger partial charge in [0, 0.05) is 6.20 Å². The van der Waals surface area contributed by atoms with Crippen LogP contribution in [-0.2, 0) is 0 Å². The summed E-state index contributed by atoms with van der Waals surface area (Å²) in [5, 5.41) is 14.4. The lowest BCUT2D eigenvalue weighted by molar-refractivity contribution is 0.477. The Morgan fingerprint density at radius 1 is 1.53 bits per heavy atom. The van der Waals surface area contributed by atoms with Crippen molar-refractivity contribution in [2.24, 2.45) is 0 Å². The average Bonchev–Trinajstić information content (AvgIpc) is 2.86. The molecule has 1 N–H and O–H groups in total. The van der Waals surface area contributed by atoms with Crippen LogP contribution >= 0.6 is 11.8 Å². The highest BCUT2D eigenvalue weighted by Crippen LogP contribution is 2.38. The normalized spacial score (nSPS) is 21.2. The van der Waals surface area contributed by atoms with Crippen LogP contribution in [0.4, 0.5) is 0 Å². The molecule has 1 fully saturated rings. The molecule has 0 bridgehead atoms. The third kappa shape index (κ3) is 1.47. The van der Waals surface area contributed by atoms with Crippen LogP contribution in [0.2, 0.25) is 0 Å².